The van der Waals surface area contributed by atoms with Gasteiger partial charge in [0.15, 0.2) is 0 Å². The first-order chi connectivity index (χ1) is 10.3. The molecule has 0 aromatic heterocycles. The Morgan fingerprint density at radius 1 is 0.810 bits per heavy atom. The molecule has 2 N–H and O–H groups in total. The first-order valence-electron chi connectivity index (χ1n) is 9.74. The van der Waals surface area contributed by atoms with Crippen LogP contribution in [0.25, 0.3) is 0 Å². The maximum Gasteiger partial charge on any atom is 0.0540 e. The Hall–Kier alpha value is -0.0800. The third kappa shape index (κ3) is 4.45. The van der Waals surface area contributed by atoms with E-state index in [2.05, 4.69) is 5.32 Å². The molecule has 122 valence electrons. The summed E-state index contributed by atoms with van der Waals surface area (Å²) in [5.74, 6) is 2.80. The number of aliphatic hydroxyl groups excluding tert-OH is 1. The fourth-order valence-corrected chi connectivity index (χ4v) is 5.26. The molecular weight excluding hydrogens is 258 g/mol. The van der Waals surface area contributed by atoms with Crippen molar-refractivity contribution in [2.45, 2.75) is 95.6 Å². The Morgan fingerprint density at radius 3 is 2.19 bits per heavy atom. The average molecular weight is 293 g/mol. The Kier molecular flexibility index (Phi) is 5.99. The Labute approximate surface area is 131 Å². The summed E-state index contributed by atoms with van der Waals surface area (Å²) in [6, 6.07) is 0.800. The van der Waals surface area contributed by atoms with Crippen molar-refractivity contribution in [2.75, 3.05) is 6.54 Å². The molecule has 2 nitrogen and oxygen atoms in total. The first kappa shape index (κ1) is 15.8. The van der Waals surface area contributed by atoms with E-state index in [4.69, 9.17) is 0 Å². The van der Waals surface area contributed by atoms with Gasteiger partial charge in [-0.1, -0.05) is 38.5 Å². The van der Waals surface area contributed by atoms with E-state index in [0.29, 0.717) is 0 Å². The summed E-state index contributed by atoms with van der Waals surface area (Å²) < 4.78 is 0. The van der Waals surface area contributed by atoms with Gasteiger partial charge in [0, 0.05) is 6.04 Å². The molecule has 1 saturated heterocycles. The number of nitrogens with one attached hydrogen (secondary N) is 1. The van der Waals surface area contributed by atoms with Crippen LogP contribution in [0.4, 0.5) is 0 Å². The lowest BCUT2D eigenvalue weighted by Crippen LogP contribution is -2.44. The molecule has 2 aliphatic carbocycles. The topological polar surface area (TPSA) is 32.3 Å². The van der Waals surface area contributed by atoms with E-state index < -0.39 is 0 Å². The summed E-state index contributed by atoms with van der Waals surface area (Å²) in [6.45, 7) is 1.25. The van der Waals surface area contributed by atoms with Gasteiger partial charge in [0.2, 0.25) is 0 Å². The molecule has 1 aliphatic heterocycles. The third-order valence-electron chi connectivity index (χ3n) is 6.54. The zero-order valence-electron chi connectivity index (χ0n) is 13.7. The van der Waals surface area contributed by atoms with Gasteiger partial charge in [0.05, 0.1) is 6.10 Å². The number of rotatable bonds is 4. The standard InChI is InChI=1S/C19H35NO/c21-17-11-9-15(10-12-17)14-18(16-6-2-1-3-7-16)19-8-4-5-13-20-19/h15-21H,1-14H2. The highest BCUT2D eigenvalue weighted by atomic mass is 16.3. The molecule has 21 heavy (non-hydrogen) atoms. The van der Waals surface area contributed by atoms with E-state index in [1.165, 1.54) is 77.2 Å². The maximum atomic E-state index is 9.75. The van der Waals surface area contributed by atoms with Crippen LogP contribution >= 0.6 is 0 Å². The summed E-state index contributed by atoms with van der Waals surface area (Å²) in [4.78, 5) is 0. The van der Waals surface area contributed by atoms with Crippen LogP contribution in [-0.4, -0.2) is 23.8 Å². The smallest absolute Gasteiger partial charge is 0.0540 e. The lowest BCUT2D eigenvalue weighted by atomic mass is 9.69. The van der Waals surface area contributed by atoms with Gasteiger partial charge >= 0.3 is 0 Å². The second-order valence-corrected chi connectivity index (χ2v) is 8.03. The molecule has 2 atom stereocenters. The highest BCUT2D eigenvalue weighted by Crippen LogP contribution is 2.40. The molecule has 0 aromatic rings. The lowest BCUT2D eigenvalue weighted by Gasteiger charge is -2.41. The molecule has 3 rings (SSSR count). The van der Waals surface area contributed by atoms with Gasteiger partial charge in [-0.25, -0.2) is 0 Å². The zero-order chi connectivity index (χ0) is 14.5. The molecule has 3 fully saturated rings. The summed E-state index contributed by atoms with van der Waals surface area (Å²) in [7, 11) is 0. The van der Waals surface area contributed by atoms with Crippen molar-refractivity contribution in [3.63, 3.8) is 0 Å². The molecule has 3 aliphatic rings. The van der Waals surface area contributed by atoms with Crippen LogP contribution in [0.15, 0.2) is 0 Å². The van der Waals surface area contributed by atoms with Gasteiger partial charge in [-0.15, -0.1) is 0 Å². The predicted molar refractivity (Wildman–Crippen MR) is 88.3 cm³/mol. The van der Waals surface area contributed by atoms with Crippen LogP contribution in [0.1, 0.15) is 83.5 Å². The first-order valence-corrected chi connectivity index (χ1v) is 9.74. The van der Waals surface area contributed by atoms with Crippen LogP contribution in [-0.2, 0) is 0 Å². The fourth-order valence-electron chi connectivity index (χ4n) is 5.26. The van der Waals surface area contributed by atoms with E-state index in [1.807, 2.05) is 0 Å². The largest absolute Gasteiger partial charge is 0.393 e. The summed E-state index contributed by atoms with van der Waals surface area (Å²) >= 11 is 0. The quantitative estimate of drug-likeness (QED) is 0.811. The van der Waals surface area contributed by atoms with Crippen molar-refractivity contribution in [1.82, 2.24) is 5.32 Å². The molecule has 0 amide bonds. The molecule has 0 radical (unpaired) electrons. The van der Waals surface area contributed by atoms with Crippen LogP contribution in [0.3, 0.4) is 0 Å². The Morgan fingerprint density at radius 2 is 1.52 bits per heavy atom. The summed E-state index contributed by atoms with van der Waals surface area (Å²) in [5.41, 5.74) is 0. The van der Waals surface area contributed by atoms with Crippen molar-refractivity contribution < 1.29 is 5.11 Å². The minimum atomic E-state index is 0.00202. The van der Waals surface area contributed by atoms with E-state index >= 15 is 0 Å². The van der Waals surface area contributed by atoms with Gasteiger partial charge in [-0.3, -0.25) is 0 Å². The number of hydrogen-bond acceptors (Lipinski definition) is 2. The molecular formula is C19H35NO. The Balaban J connectivity index is 1.60. The van der Waals surface area contributed by atoms with E-state index in [9.17, 15) is 5.11 Å². The predicted octanol–water partition coefficient (Wildman–Crippen LogP) is 4.27. The SMILES string of the molecule is OC1CCC(CC(C2CCCCC2)C2CCCCN2)CC1. The molecule has 0 bridgehead atoms. The fraction of sp³-hybridized carbons (Fsp3) is 1.00. The second-order valence-electron chi connectivity index (χ2n) is 8.03. The van der Waals surface area contributed by atoms with Crippen molar-refractivity contribution >= 4 is 0 Å². The van der Waals surface area contributed by atoms with E-state index in [1.54, 1.807) is 0 Å². The van der Waals surface area contributed by atoms with Gasteiger partial charge < -0.3 is 10.4 Å². The number of aliphatic hydroxyl groups is 1. The van der Waals surface area contributed by atoms with Crippen LogP contribution in [0.5, 0.6) is 0 Å². The lowest BCUT2D eigenvalue weighted by molar-refractivity contribution is 0.0829. The van der Waals surface area contributed by atoms with Crippen LogP contribution < -0.4 is 5.32 Å². The minimum Gasteiger partial charge on any atom is -0.393 e. The average Bonchev–Trinajstić information content (AvgIpc) is 2.56. The highest BCUT2D eigenvalue weighted by Gasteiger charge is 2.33. The molecule has 0 aromatic carbocycles. The molecule has 2 heteroatoms. The second kappa shape index (κ2) is 7.97. The summed E-state index contributed by atoms with van der Waals surface area (Å²) in [6.07, 6.45) is 17.7. The van der Waals surface area contributed by atoms with Gasteiger partial charge in [-0.2, -0.15) is 0 Å². The molecule has 1 heterocycles. The highest BCUT2D eigenvalue weighted by molar-refractivity contribution is 4.88. The van der Waals surface area contributed by atoms with Crippen LogP contribution in [0.2, 0.25) is 0 Å². The Bertz CT molecular complexity index is 268. The van der Waals surface area contributed by atoms with Crippen molar-refractivity contribution in [2.24, 2.45) is 17.8 Å². The summed E-state index contributed by atoms with van der Waals surface area (Å²) in [5, 5.41) is 13.6. The zero-order valence-corrected chi connectivity index (χ0v) is 13.7. The van der Waals surface area contributed by atoms with Gasteiger partial charge in [0.1, 0.15) is 0 Å². The van der Waals surface area contributed by atoms with E-state index in [0.717, 1.165) is 36.6 Å². The van der Waals surface area contributed by atoms with Crippen molar-refractivity contribution in [3.8, 4) is 0 Å². The molecule has 2 unspecified atom stereocenters. The minimum absolute atomic E-state index is 0.00202. The normalized spacial score (nSPS) is 37.3. The monoisotopic (exact) mass is 293 g/mol. The maximum absolute atomic E-state index is 9.75. The molecule has 2 saturated carbocycles. The van der Waals surface area contributed by atoms with Crippen molar-refractivity contribution in [3.05, 3.63) is 0 Å². The van der Waals surface area contributed by atoms with Gasteiger partial charge in [-0.05, 0) is 69.2 Å². The molecule has 0 spiro atoms. The van der Waals surface area contributed by atoms with Crippen molar-refractivity contribution in [1.29, 1.82) is 0 Å². The van der Waals surface area contributed by atoms with Crippen LogP contribution in [0, 0.1) is 17.8 Å². The number of piperidine rings is 1. The number of hydrogen-bond donors (Lipinski definition) is 2. The van der Waals surface area contributed by atoms with E-state index in [-0.39, 0.29) is 6.10 Å². The van der Waals surface area contributed by atoms with Gasteiger partial charge in [0.25, 0.3) is 0 Å². The third-order valence-corrected chi connectivity index (χ3v) is 6.54.